The Kier molecular flexibility index (Phi) is 3.86. The van der Waals surface area contributed by atoms with Crippen molar-refractivity contribution >= 4 is 40.2 Å². The van der Waals surface area contributed by atoms with Crippen LogP contribution in [0, 0.1) is 12.7 Å². The molecule has 0 amide bonds. The predicted octanol–water partition coefficient (Wildman–Crippen LogP) is 4.51. The van der Waals surface area contributed by atoms with Crippen molar-refractivity contribution in [3.63, 3.8) is 0 Å². The van der Waals surface area contributed by atoms with E-state index in [-0.39, 0.29) is 10.0 Å². The van der Waals surface area contributed by atoms with Gasteiger partial charge in [-0.25, -0.2) is 9.37 Å². The molecule has 1 aromatic heterocycles. The fourth-order valence-corrected chi connectivity index (χ4v) is 2.44. The number of aryl methyl sites for hydroxylation is 1. The third-order valence-electron chi connectivity index (χ3n) is 2.12. The van der Waals surface area contributed by atoms with Crippen LogP contribution in [0.3, 0.4) is 0 Å². The number of hydrogen-bond donors (Lipinski definition) is 1. The quantitative estimate of drug-likeness (QED) is 0.842. The molecule has 0 bridgehead atoms. The van der Waals surface area contributed by atoms with E-state index >= 15 is 0 Å². The maximum Gasteiger partial charge on any atom is 0.160 e. The predicted molar refractivity (Wildman–Crippen MR) is 70.6 cm³/mol. The van der Waals surface area contributed by atoms with E-state index in [2.05, 4.69) is 10.3 Å². The van der Waals surface area contributed by atoms with E-state index in [9.17, 15) is 4.39 Å². The third-order valence-corrected chi connectivity index (χ3v) is 3.50. The molecular formula is C11H9Cl2FN2S. The Balaban J connectivity index is 2.09. The summed E-state index contributed by atoms with van der Waals surface area (Å²) in [6, 6.07) is 3.00. The number of nitrogens with zero attached hydrogens (tertiary/aromatic N) is 1. The highest BCUT2D eigenvalue weighted by molar-refractivity contribution is 7.09. The number of halogens is 3. The lowest BCUT2D eigenvalue weighted by Crippen LogP contribution is -2.00. The van der Waals surface area contributed by atoms with Crippen molar-refractivity contribution in [2.24, 2.45) is 0 Å². The van der Waals surface area contributed by atoms with E-state index in [0.717, 1.165) is 10.7 Å². The summed E-state index contributed by atoms with van der Waals surface area (Å²) in [6.45, 7) is 2.50. The molecule has 0 aliphatic carbocycles. The minimum Gasteiger partial charge on any atom is -0.379 e. The van der Waals surface area contributed by atoms with Gasteiger partial charge in [-0.15, -0.1) is 11.3 Å². The van der Waals surface area contributed by atoms with Gasteiger partial charge in [-0.1, -0.05) is 23.2 Å². The Labute approximate surface area is 112 Å². The molecule has 6 heteroatoms. The molecule has 2 rings (SSSR count). The Morgan fingerprint density at radius 1 is 1.35 bits per heavy atom. The van der Waals surface area contributed by atoms with Crippen LogP contribution in [0.2, 0.25) is 10.0 Å². The average molecular weight is 291 g/mol. The van der Waals surface area contributed by atoms with Crippen LogP contribution >= 0.6 is 34.5 Å². The van der Waals surface area contributed by atoms with Crippen molar-refractivity contribution in [2.75, 3.05) is 5.32 Å². The maximum atomic E-state index is 13.2. The first-order valence-corrected chi connectivity index (χ1v) is 6.49. The molecule has 90 valence electrons. The van der Waals surface area contributed by atoms with E-state index in [4.69, 9.17) is 23.2 Å². The molecule has 2 nitrogen and oxygen atoms in total. The van der Waals surface area contributed by atoms with E-state index < -0.39 is 5.82 Å². The number of anilines is 1. The van der Waals surface area contributed by atoms with Gasteiger partial charge in [-0.2, -0.15) is 0 Å². The fraction of sp³-hybridized carbons (Fsp3) is 0.182. The second-order valence-electron chi connectivity index (χ2n) is 3.47. The van der Waals surface area contributed by atoms with E-state index in [1.54, 1.807) is 11.3 Å². The van der Waals surface area contributed by atoms with Crippen LogP contribution in [0.25, 0.3) is 0 Å². The van der Waals surface area contributed by atoms with Crippen molar-refractivity contribution in [3.05, 3.63) is 44.1 Å². The van der Waals surface area contributed by atoms with Crippen LogP contribution in [0.15, 0.2) is 17.5 Å². The van der Waals surface area contributed by atoms with E-state index in [1.807, 2.05) is 12.3 Å². The van der Waals surface area contributed by atoms with Crippen molar-refractivity contribution in [1.29, 1.82) is 0 Å². The first-order valence-electron chi connectivity index (χ1n) is 4.85. The summed E-state index contributed by atoms with van der Waals surface area (Å²) in [5.41, 5.74) is 1.61. The lowest BCUT2D eigenvalue weighted by Gasteiger charge is -2.06. The standard InChI is InChI=1S/C11H9Cl2FN2S/c1-6-16-8(5-17-6)4-15-7-2-9(12)11(14)10(13)3-7/h2-3,5,15H,4H2,1H3. The molecule has 0 spiro atoms. The van der Waals surface area contributed by atoms with Gasteiger partial charge in [0.2, 0.25) is 0 Å². The second kappa shape index (κ2) is 5.21. The van der Waals surface area contributed by atoms with Crippen molar-refractivity contribution < 1.29 is 4.39 Å². The first-order chi connectivity index (χ1) is 8.06. The number of nitrogens with one attached hydrogen (secondary N) is 1. The zero-order valence-electron chi connectivity index (χ0n) is 8.93. The van der Waals surface area contributed by atoms with Crippen molar-refractivity contribution in [2.45, 2.75) is 13.5 Å². The summed E-state index contributed by atoms with van der Waals surface area (Å²) in [7, 11) is 0. The summed E-state index contributed by atoms with van der Waals surface area (Å²) in [4.78, 5) is 4.30. The minimum atomic E-state index is -0.594. The van der Waals surface area contributed by atoms with Gasteiger partial charge >= 0.3 is 0 Å². The molecule has 0 aliphatic heterocycles. The molecule has 0 saturated carbocycles. The summed E-state index contributed by atoms with van der Waals surface area (Å²) >= 11 is 13.0. The topological polar surface area (TPSA) is 24.9 Å². The summed E-state index contributed by atoms with van der Waals surface area (Å²) < 4.78 is 13.2. The fourth-order valence-electron chi connectivity index (χ4n) is 1.34. The highest BCUT2D eigenvalue weighted by Crippen LogP contribution is 2.27. The van der Waals surface area contributed by atoms with Crippen LogP contribution in [0.4, 0.5) is 10.1 Å². The van der Waals surface area contributed by atoms with Crippen LogP contribution in [0.5, 0.6) is 0 Å². The number of aromatic nitrogens is 1. The molecule has 0 unspecified atom stereocenters. The molecular weight excluding hydrogens is 282 g/mol. The number of hydrogen-bond acceptors (Lipinski definition) is 3. The highest BCUT2D eigenvalue weighted by Gasteiger charge is 2.07. The molecule has 0 aliphatic rings. The molecule has 17 heavy (non-hydrogen) atoms. The van der Waals surface area contributed by atoms with Gasteiger partial charge in [-0.05, 0) is 19.1 Å². The first kappa shape index (κ1) is 12.6. The summed E-state index contributed by atoms with van der Waals surface area (Å²) in [6.07, 6.45) is 0. The SMILES string of the molecule is Cc1nc(CNc2cc(Cl)c(F)c(Cl)c2)cs1. The highest BCUT2D eigenvalue weighted by atomic mass is 35.5. The minimum absolute atomic E-state index is 0.00876. The number of benzene rings is 1. The monoisotopic (exact) mass is 290 g/mol. The Bertz CT molecular complexity index is 519. The smallest absolute Gasteiger partial charge is 0.160 e. The van der Waals surface area contributed by atoms with E-state index in [1.165, 1.54) is 12.1 Å². The maximum absolute atomic E-state index is 13.2. The van der Waals surface area contributed by atoms with Crippen molar-refractivity contribution in [3.8, 4) is 0 Å². The molecule has 1 aromatic carbocycles. The molecule has 1 heterocycles. The largest absolute Gasteiger partial charge is 0.379 e. The molecule has 2 aromatic rings. The van der Waals surface area contributed by atoms with Gasteiger partial charge in [0.15, 0.2) is 5.82 Å². The van der Waals surface area contributed by atoms with Gasteiger partial charge in [0, 0.05) is 11.1 Å². The Morgan fingerprint density at radius 3 is 2.53 bits per heavy atom. The number of thiazole rings is 1. The zero-order chi connectivity index (χ0) is 12.4. The Morgan fingerprint density at radius 2 is 2.00 bits per heavy atom. The van der Waals surface area contributed by atoms with Gasteiger partial charge in [-0.3, -0.25) is 0 Å². The normalized spacial score (nSPS) is 10.6. The summed E-state index contributed by atoms with van der Waals surface area (Å²) in [5.74, 6) is -0.594. The van der Waals surface area contributed by atoms with Gasteiger partial charge in [0.05, 0.1) is 27.3 Å². The molecule has 0 atom stereocenters. The zero-order valence-corrected chi connectivity index (χ0v) is 11.3. The summed E-state index contributed by atoms with van der Waals surface area (Å²) in [5, 5.41) is 6.09. The second-order valence-corrected chi connectivity index (χ2v) is 5.34. The molecule has 0 saturated heterocycles. The van der Waals surface area contributed by atoms with E-state index in [0.29, 0.717) is 12.2 Å². The third kappa shape index (κ3) is 3.09. The lowest BCUT2D eigenvalue weighted by atomic mass is 10.3. The Hall–Kier alpha value is -0.840. The molecule has 0 fully saturated rings. The molecule has 1 N–H and O–H groups in total. The van der Waals surface area contributed by atoms with Crippen molar-refractivity contribution in [1.82, 2.24) is 4.98 Å². The van der Waals surface area contributed by atoms with Gasteiger partial charge in [0.25, 0.3) is 0 Å². The average Bonchev–Trinajstić information content (AvgIpc) is 2.69. The lowest BCUT2D eigenvalue weighted by molar-refractivity contribution is 0.629. The van der Waals surface area contributed by atoms with Crippen LogP contribution in [-0.4, -0.2) is 4.98 Å². The van der Waals surface area contributed by atoms with Crippen LogP contribution < -0.4 is 5.32 Å². The van der Waals surface area contributed by atoms with Gasteiger partial charge < -0.3 is 5.32 Å². The van der Waals surface area contributed by atoms with Gasteiger partial charge in [0.1, 0.15) is 0 Å². The van der Waals surface area contributed by atoms with Crippen LogP contribution in [0.1, 0.15) is 10.7 Å². The molecule has 0 radical (unpaired) electrons. The number of rotatable bonds is 3. The van der Waals surface area contributed by atoms with Crippen LogP contribution in [-0.2, 0) is 6.54 Å².